The molecule has 1 aliphatic rings. The summed E-state index contributed by atoms with van der Waals surface area (Å²) in [6.07, 6.45) is 2.09. The summed E-state index contributed by atoms with van der Waals surface area (Å²) < 4.78 is 5.14. The second-order valence-electron chi connectivity index (χ2n) is 5.22. The Morgan fingerprint density at radius 2 is 2.05 bits per heavy atom. The van der Waals surface area contributed by atoms with Gasteiger partial charge in [0.2, 0.25) is 5.91 Å². The Bertz CT molecular complexity index is 531. The van der Waals surface area contributed by atoms with E-state index in [2.05, 4.69) is 0 Å². The summed E-state index contributed by atoms with van der Waals surface area (Å²) in [7, 11) is 1.60. The molecule has 0 spiro atoms. The molecule has 22 heavy (non-hydrogen) atoms. The summed E-state index contributed by atoms with van der Waals surface area (Å²) in [6, 6.07) is 6.69. The van der Waals surface area contributed by atoms with E-state index < -0.39 is 12.0 Å². The van der Waals surface area contributed by atoms with Crippen LogP contribution in [0.25, 0.3) is 0 Å². The first-order valence-electron chi connectivity index (χ1n) is 7.38. The van der Waals surface area contributed by atoms with Crippen molar-refractivity contribution in [2.24, 2.45) is 0 Å². The van der Waals surface area contributed by atoms with Crippen LogP contribution in [0.4, 0.5) is 0 Å². The molecular weight excluding hydrogens is 302 g/mol. The smallest absolute Gasteiger partial charge is 0.327 e. The predicted octanol–water partition coefficient (Wildman–Crippen LogP) is 2.91. The van der Waals surface area contributed by atoms with Crippen LogP contribution in [0.15, 0.2) is 24.3 Å². The van der Waals surface area contributed by atoms with Crippen LogP contribution < -0.4 is 4.74 Å². The molecule has 1 aromatic rings. The van der Waals surface area contributed by atoms with Gasteiger partial charge in [0.15, 0.2) is 0 Å². The monoisotopic (exact) mass is 323 g/mol. The van der Waals surface area contributed by atoms with Crippen molar-refractivity contribution in [2.75, 3.05) is 12.9 Å². The van der Waals surface area contributed by atoms with Gasteiger partial charge >= 0.3 is 5.97 Å². The van der Waals surface area contributed by atoms with Crippen molar-refractivity contribution >= 4 is 23.6 Å². The highest BCUT2D eigenvalue weighted by Gasteiger charge is 2.41. The minimum atomic E-state index is -0.937. The fourth-order valence-corrected chi connectivity index (χ4v) is 3.93. The second kappa shape index (κ2) is 7.54. The first-order valence-corrected chi connectivity index (χ1v) is 8.42. The van der Waals surface area contributed by atoms with E-state index >= 15 is 0 Å². The third kappa shape index (κ3) is 3.55. The minimum Gasteiger partial charge on any atom is -0.497 e. The van der Waals surface area contributed by atoms with E-state index in [1.807, 2.05) is 31.2 Å². The van der Waals surface area contributed by atoms with E-state index in [4.69, 9.17) is 4.74 Å². The number of amides is 1. The van der Waals surface area contributed by atoms with Gasteiger partial charge in [-0.2, -0.15) is 0 Å². The number of unbranched alkanes of at least 4 members (excludes halogenated alkanes) is 1. The number of methoxy groups -OCH3 is 1. The highest BCUT2D eigenvalue weighted by molar-refractivity contribution is 7.99. The maximum absolute atomic E-state index is 12.5. The van der Waals surface area contributed by atoms with E-state index in [9.17, 15) is 14.7 Å². The lowest BCUT2D eigenvalue weighted by Crippen LogP contribution is -2.42. The topological polar surface area (TPSA) is 66.8 Å². The van der Waals surface area contributed by atoms with Gasteiger partial charge in [-0.05, 0) is 24.1 Å². The van der Waals surface area contributed by atoms with Crippen LogP contribution in [0, 0.1) is 0 Å². The third-order valence-corrected chi connectivity index (χ3v) is 5.04. The molecule has 1 heterocycles. The fourth-order valence-electron chi connectivity index (χ4n) is 2.48. The molecule has 2 rings (SSSR count). The quantitative estimate of drug-likeness (QED) is 0.872. The Balaban J connectivity index is 2.23. The summed E-state index contributed by atoms with van der Waals surface area (Å²) in [6.45, 7) is 2.02. The van der Waals surface area contributed by atoms with Crippen LogP contribution in [0.2, 0.25) is 0 Å². The number of carbonyl (C=O) groups excluding carboxylic acids is 1. The van der Waals surface area contributed by atoms with E-state index in [0.29, 0.717) is 12.2 Å². The van der Waals surface area contributed by atoms with Gasteiger partial charge in [0.25, 0.3) is 0 Å². The van der Waals surface area contributed by atoms with Crippen molar-refractivity contribution in [1.29, 1.82) is 0 Å². The Kier molecular flexibility index (Phi) is 5.71. The number of benzene rings is 1. The Hall–Kier alpha value is -1.69. The Morgan fingerprint density at radius 3 is 2.59 bits per heavy atom. The number of rotatable bonds is 6. The molecule has 0 bridgehead atoms. The number of nitrogens with zero attached hydrogens (tertiary/aromatic N) is 1. The molecule has 0 aliphatic carbocycles. The molecule has 6 heteroatoms. The number of aliphatic carboxylic acids is 1. The van der Waals surface area contributed by atoms with Gasteiger partial charge in [-0.15, -0.1) is 11.8 Å². The number of hydrogen-bond donors (Lipinski definition) is 1. The third-order valence-electron chi connectivity index (χ3n) is 3.72. The molecular formula is C16H21NO4S. The predicted molar refractivity (Wildman–Crippen MR) is 86.0 cm³/mol. The van der Waals surface area contributed by atoms with Crippen molar-refractivity contribution in [1.82, 2.24) is 4.90 Å². The van der Waals surface area contributed by atoms with E-state index in [0.717, 1.165) is 24.2 Å². The minimum absolute atomic E-state index is 0.0833. The summed E-state index contributed by atoms with van der Waals surface area (Å²) in [4.78, 5) is 25.4. The lowest BCUT2D eigenvalue weighted by atomic mass is 10.1. The number of hydrogen-bond acceptors (Lipinski definition) is 4. The van der Waals surface area contributed by atoms with Gasteiger partial charge in [-0.3, -0.25) is 4.79 Å². The van der Waals surface area contributed by atoms with Crippen LogP contribution >= 0.6 is 11.8 Å². The summed E-state index contributed by atoms with van der Waals surface area (Å²) in [5.74, 6) is 0.142. The van der Waals surface area contributed by atoms with Gasteiger partial charge < -0.3 is 14.7 Å². The average molecular weight is 323 g/mol. The van der Waals surface area contributed by atoms with Crippen LogP contribution in [0.1, 0.15) is 37.1 Å². The molecule has 0 aromatic heterocycles. The van der Waals surface area contributed by atoms with Crippen LogP contribution in [0.3, 0.4) is 0 Å². The maximum atomic E-state index is 12.5. The van der Waals surface area contributed by atoms with Gasteiger partial charge in [0, 0.05) is 12.2 Å². The normalized spacial score (nSPS) is 20.9. The molecule has 1 N–H and O–H groups in total. The largest absolute Gasteiger partial charge is 0.497 e. The summed E-state index contributed by atoms with van der Waals surface area (Å²) in [5.41, 5.74) is 0.930. The molecule has 0 saturated carbocycles. The second-order valence-corrected chi connectivity index (χ2v) is 6.33. The first-order chi connectivity index (χ1) is 10.6. The Morgan fingerprint density at radius 1 is 1.36 bits per heavy atom. The zero-order valence-electron chi connectivity index (χ0n) is 12.8. The first kappa shape index (κ1) is 16.7. The fraction of sp³-hybridized carbons (Fsp3) is 0.500. The van der Waals surface area contributed by atoms with Crippen molar-refractivity contribution in [3.05, 3.63) is 29.8 Å². The summed E-state index contributed by atoms with van der Waals surface area (Å²) in [5, 5.41) is 9.14. The molecule has 1 amide bonds. The highest BCUT2D eigenvalue weighted by Crippen LogP contribution is 2.42. The number of carboxylic acid groups (broad SMARTS) is 1. The number of ether oxygens (including phenoxy) is 1. The highest BCUT2D eigenvalue weighted by atomic mass is 32.2. The van der Waals surface area contributed by atoms with Crippen molar-refractivity contribution in [2.45, 2.75) is 37.6 Å². The number of carboxylic acids is 1. The standard InChI is InChI=1S/C16H21NO4S/c1-3-4-5-14(18)17-13(16(19)20)10-22-15(17)11-6-8-12(21-2)9-7-11/h6-9,13,15H,3-5,10H2,1-2H3,(H,19,20). The average Bonchev–Trinajstić information content (AvgIpc) is 2.98. The lowest BCUT2D eigenvalue weighted by molar-refractivity contribution is -0.149. The zero-order valence-corrected chi connectivity index (χ0v) is 13.6. The van der Waals surface area contributed by atoms with Crippen molar-refractivity contribution in [3.8, 4) is 5.75 Å². The lowest BCUT2D eigenvalue weighted by Gasteiger charge is -2.27. The molecule has 120 valence electrons. The van der Waals surface area contributed by atoms with E-state index in [1.165, 1.54) is 16.7 Å². The molecule has 5 nitrogen and oxygen atoms in total. The van der Waals surface area contributed by atoms with Crippen LogP contribution in [0.5, 0.6) is 5.75 Å². The molecule has 1 saturated heterocycles. The van der Waals surface area contributed by atoms with E-state index in [1.54, 1.807) is 7.11 Å². The Labute approximate surface area is 134 Å². The molecule has 0 radical (unpaired) electrons. The van der Waals surface area contributed by atoms with Crippen LogP contribution in [-0.4, -0.2) is 40.8 Å². The molecule has 1 fully saturated rings. The van der Waals surface area contributed by atoms with Gasteiger partial charge in [-0.25, -0.2) is 4.79 Å². The van der Waals surface area contributed by atoms with Crippen LogP contribution in [-0.2, 0) is 9.59 Å². The molecule has 1 aromatic carbocycles. The molecule has 1 aliphatic heterocycles. The zero-order chi connectivity index (χ0) is 16.1. The van der Waals surface area contributed by atoms with Crippen molar-refractivity contribution in [3.63, 3.8) is 0 Å². The maximum Gasteiger partial charge on any atom is 0.327 e. The van der Waals surface area contributed by atoms with Gasteiger partial charge in [-0.1, -0.05) is 25.5 Å². The van der Waals surface area contributed by atoms with Crippen molar-refractivity contribution < 1.29 is 19.4 Å². The van der Waals surface area contributed by atoms with E-state index in [-0.39, 0.29) is 11.3 Å². The SMILES string of the molecule is CCCCC(=O)N1C(C(=O)O)CSC1c1ccc(OC)cc1. The molecule has 2 unspecified atom stereocenters. The van der Waals surface area contributed by atoms with Gasteiger partial charge in [0.05, 0.1) is 7.11 Å². The number of thioether (sulfide) groups is 1. The molecule has 2 atom stereocenters. The van der Waals surface area contributed by atoms with Gasteiger partial charge in [0.1, 0.15) is 17.2 Å². The number of carbonyl (C=O) groups is 2. The summed E-state index contributed by atoms with van der Waals surface area (Å²) >= 11 is 1.50.